The van der Waals surface area contributed by atoms with Crippen molar-refractivity contribution in [2.45, 2.75) is 6.54 Å². The highest BCUT2D eigenvalue weighted by Gasteiger charge is 2.13. The normalized spacial score (nSPS) is 13.8. The molecule has 0 saturated heterocycles. The van der Waals surface area contributed by atoms with Crippen LogP contribution in [0.3, 0.4) is 0 Å². The zero-order valence-electron chi connectivity index (χ0n) is 8.33. The summed E-state index contributed by atoms with van der Waals surface area (Å²) in [5.41, 5.74) is 1.99. The maximum atomic E-state index is 4.34. The fraction of sp³-hybridized carbons (Fsp3) is 0.0909. The van der Waals surface area contributed by atoms with Gasteiger partial charge in [0, 0.05) is 11.6 Å². The maximum absolute atomic E-state index is 4.34. The fourth-order valence-electron chi connectivity index (χ4n) is 2.15. The molecule has 16 heavy (non-hydrogen) atoms. The van der Waals surface area contributed by atoms with Gasteiger partial charge in [0.05, 0.1) is 29.2 Å². The average Bonchev–Trinajstić information content (AvgIpc) is 2.64. The maximum Gasteiger partial charge on any atom is 0.165 e. The summed E-state index contributed by atoms with van der Waals surface area (Å²) >= 11 is 0. The lowest BCUT2D eigenvalue weighted by atomic mass is 10.1. The number of nitrogens with zero attached hydrogens (tertiary/aromatic N) is 5. The molecule has 0 atom stereocenters. The van der Waals surface area contributed by atoms with Crippen LogP contribution in [0.1, 0.15) is 0 Å². The first kappa shape index (κ1) is 7.92. The molecule has 0 bridgehead atoms. The summed E-state index contributed by atoms with van der Waals surface area (Å²) in [7, 11) is 0. The molecule has 5 heteroatoms. The summed E-state index contributed by atoms with van der Waals surface area (Å²) in [6, 6.07) is 4.01. The van der Waals surface area contributed by atoms with Crippen LogP contribution in [-0.2, 0) is 6.54 Å². The van der Waals surface area contributed by atoms with Gasteiger partial charge >= 0.3 is 0 Å². The Kier molecular flexibility index (Phi) is 1.30. The molecule has 1 aliphatic rings. The van der Waals surface area contributed by atoms with Crippen LogP contribution in [0, 0.1) is 0 Å². The molecular formula is C11H7N5. The lowest BCUT2D eigenvalue weighted by molar-refractivity contribution is 0.763. The summed E-state index contributed by atoms with van der Waals surface area (Å²) < 4.78 is 1.93. The Labute approximate surface area is 90.5 Å². The van der Waals surface area contributed by atoms with E-state index in [2.05, 4.69) is 20.1 Å². The summed E-state index contributed by atoms with van der Waals surface area (Å²) in [6.45, 7) is 0.680. The van der Waals surface area contributed by atoms with Crippen molar-refractivity contribution in [2.24, 2.45) is 4.99 Å². The first-order valence-corrected chi connectivity index (χ1v) is 5.05. The third-order valence-electron chi connectivity index (χ3n) is 2.85. The van der Waals surface area contributed by atoms with Crippen molar-refractivity contribution < 1.29 is 0 Å². The van der Waals surface area contributed by atoms with E-state index in [1.54, 1.807) is 6.33 Å². The molecule has 3 aromatic rings. The number of rotatable bonds is 0. The fourth-order valence-corrected chi connectivity index (χ4v) is 2.15. The Bertz CT molecular complexity index is 741. The van der Waals surface area contributed by atoms with Crippen molar-refractivity contribution in [3.05, 3.63) is 24.7 Å². The highest BCUT2D eigenvalue weighted by Crippen LogP contribution is 2.31. The molecular weight excluding hydrogens is 202 g/mol. The van der Waals surface area contributed by atoms with Crippen LogP contribution in [0.25, 0.3) is 21.8 Å². The van der Waals surface area contributed by atoms with E-state index in [-0.39, 0.29) is 0 Å². The third-order valence-corrected chi connectivity index (χ3v) is 2.85. The van der Waals surface area contributed by atoms with Crippen LogP contribution >= 0.6 is 0 Å². The van der Waals surface area contributed by atoms with Crippen LogP contribution in [0.4, 0.5) is 5.82 Å². The Morgan fingerprint density at radius 1 is 1.19 bits per heavy atom. The van der Waals surface area contributed by atoms with Crippen molar-refractivity contribution >= 4 is 33.8 Å². The number of hydrogen-bond donors (Lipinski definition) is 0. The molecule has 0 fully saturated rings. The van der Waals surface area contributed by atoms with E-state index in [9.17, 15) is 0 Å². The lowest BCUT2D eigenvalue weighted by Gasteiger charge is -2.01. The van der Waals surface area contributed by atoms with Gasteiger partial charge in [-0.05, 0) is 12.1 Å². The van der Waals surface area contributed by atoms with Crippen LogP contribution < -0.4 is 0 Å². The minimum atomic E-state index is 0.680. The quantitative estimate of drug-likeness (QED) is 0.566. The molecule has 3 heterocycles. The Morgan fingerprint density at radius 2 is 2.19 bits per heavy atom. The topological polar surface area (TPSA) is 56.0 Å². The number of benzene rings is 1. The second-order valence-electron chi connectivity index (χ2n) is 3.73. The van der Waals surface area contributed by atoms with Crippen LogP contribution in [0.5, 0.6) is 0 Å². The first-order chi connectivity index (χ1) is 7.93. The van der Waals surface area contributed by atoms with Crippen molar-refractivity contribution in [3.8, 4) is 0 Å². The van der Waals surface area contributed by atoms with Gasteiger partial charge in [-0.1, -0.05) is 0 Å². The van der Waals surface area contributed by atoms with Gasteiger partial charge in [0.1, 0.15) is 6.33 Å². The number of aliphatic imine (C=N–C) groups is 1. The molecule has 1 aliphatic heterocycles. The van der Waals surface area contributed by atoms with E-state index < -0.39 is 0 Å². The molecule has 0 N–H and O–H groups in total. The highest BCUT2D eigenvalue weighted by molar-refractivity contribution is 6.09. The van der Waals surface area contributed by atoms with E-state index in [0.29, 0.717) is 6.54 Å². The van der Waals surface area contributed by atoms with Gasteiger partial charge in [0.25, 0.3) is 0 Å². The van der Waals surface area contributed by atoms with Gasteiger partial charge in [-0.15, -0.1) is 0 Å². The Morgan fingerprint density at radius 3 is 3.19 bits per heavy atom. The second kappa shape index (κ2) is 2.63. The van der Waals surface area contributed by atoms with E-state index in [0.717, 1.165) is 27.6 Å². The molecule has 0 spiro atoms. The molecule has 0 aliphatic carbocycles. The summed E-state index contributed by atoms with van der Waals surface area (Å²) in [4.78, 5) is 12.8. The number of aromatic nitrogens is 4. The Balaban J connectivity index is 2.41. The molecule has 1 aromatic carbocycles. The molecule has 0 amide bonds. The zero-order valence-corrected chi connectivity index (χ0v) is 8.33. The van der Waals surface area contributed by atoms with Gasteiger partial charge < -0.3 is 0 Å². The van der Waals surface area contributed by atoms with Crippen LogP contribution in [-0.4, -0.2) is 26.0 Å². The Hall–Kier alpha value is -2.30. The third kappa shape index (κ3) is 0.850. The lowest BCUT2D eigenvalue weighted by Crippen LogP contribution is -1.99. The van der Waals surface area contributed by atoms with E-state index >= 15 is 0 Å². The monoisotopic (exact) mass is 209 g/mol. The average molecular weight is 209 g/mol. The summed E-state index contributed by atoms with van der Waals surface area (Å²) in [5, 5.41) is 6.44. The van der Waals surface area contributed by atoms with Crippen molar-refractivity contribution in [2.75, 3.05) is 0 Å². The first-order valence-electron chi connectivity index (χ1n) is 5.05. The van der Waals surface area contributed by atoms with E-state index in [1.165, 1.54) is 0 Å². The minimum absolute atomic E-state index is 0.680. The highest BCUT2D eigenvalue weighted by atomic mass is 15.3. The molecule has 4 rings (SSSR count). The molecule has 0 unspecified atom stereocenters. The largest absolute Gasteiger partial charge is 0.259 e. The van der Waals surface area contributed by atoms with Crippen molar-refractivity contribution in [1.82, 2.24) is 19.7 Å². The van der Waals surface area contributed by atoms with Gasteiger partial charge in [-0.2, -0.15) is 5.10 Å². The predicted octanol–water partition coefficient (Wildman–Crippen LogP) is 1.70. The molecule has 0 saturated carbocycles. The molecule has 2 aromatic heterocycles. The van der Waals surface area contributed by atoms with Crippen molar-refractivity contribution in [1.29, 1.82) is 0 Å². The number of hydrogen-bond acceptors (Lipinski definition) is 4. The summed E-state index contributed by atoms with van der Waals surface area (Å²) in [6.07, 6.45) is 5.24. The smallest absolute Gasteiger partial charge is 0.165 e. The SMILES string of the molecule is C1=Nc2ncnc3ccc4cnn(c4c23)C1. The van der Waals surface area contributed by atoms with Gasteiger partial charge in [0.15, 0.2) is 5.82 Å². The van der Waals surface area contributed by atoms with Crippen LogP contribution in [0.2, 0.25) is 0 Å². The molecule has 76 valence electrons. The van der Waals surface area contributed by atoms with E-state index in [1.807, 2.05) is 29.2 Å². The predicted molar refractivity (Wildman–Crippen MR) is 61.0 cm³/mol. The van der Waals surface area contributed by atoms with Crippen molar-refractivity contribution in [3.63, 3.8) is 0 Å². The van der Waals surface area contributed by atoms with Gasteiger partial charge in [-0.3, -0.25) is 4.68 Å². The van der Waals surface area contributed by atoms with Gasteiger partial charge in [0.2, 0.25) is 0 Å². The standard InChI is InChI=1S/C11H7N5/c1-2-8-9-10-7(1)5-15-16(10)4-3-12-11(9)14-6-13-8/h1-3,5-6H,4H2. The zero-order chi connectivity index (χ0) is 10.5. The molecule has 0 radical (unpaired) electrons. The summed E-state index contributed by atoms with van der Waals surface area (Å²) in [5.74, 6) is 0.731. The minimum Gasteiger partial charge on any atom is -0.259 e. The van der Waals surface area contributed by atoms with E-state index in [4.69, 9.17) is 0 Å². The molecule has 5 nitrogen and oxygen atoms in total. The second-order valence-corrected chi connectivity index (χ2v) is 3.73. The van der Waals surface area contributed by atoms with Crippen LogP contribution in [0.15, 0.2) is 29.6 Å². The van der Waals surface area contributed by atoms with Gasteiger partial charge in [-0.25, -0.2) is 15.0 Å².